The lowest BCUT2D eigenvalue weighted by Gasteiger charge is -2.28. The minimum Gasteiger partial charge on any atom is -0.444 e. The third-order valence-corrected chi connectivity index (χ3v) is 4.66. The Morgan fingerprint density at radius 3 is 2.64 bits per heavy atom. The smallest absolute Gasteiger partial charge is 0.411 e. The molecule has 2 heterocycles. The molecule has 1 fully saturated rings. The highest BCUT2D eigenvalue weighted by Crippen LogP contribution is 2.46. The average molecular weight is 345 g/mol. The Balaban J connectivity index is 1.99. The van der Waals surface area contributed by atoms with Crippen LogP contribution < -0.4 is 10.6 Å². The lowest BCUT2D eigenvalue weighted by atomic mass is 9.79. The molecule has 1 aromatic rings. The maximum atomic E-state index is 12.7. The molecule has 134 valence electrons. The fraction of sp³-hybridized carbons (Fsp3) is 0.500. The first kappa shape index (κ1) is 17.3. The van der Waals surface area contributed by atoms with Crippen molar-refractivity contribution in [3.63, 3.8) is 0 Å². The van der Waals surface area contributed by atoms with Crippen molar-refractivity contribution in [1.29, 1.82) is 0 Å². The largest absolute Gasteiger partial charge is 0.444 e. The highest BCUT2D eigenvalue weighted by atomic mass is 16.6. The number of carbonyl (C=O) groups is 3. The monoisotopic (exact) mass is 345 g/mol. The summed E-state index contributed by atoms with van der Waals surface area (Å²) >= 11 is 0. The molecule has 2 atom stereocenters. The molecule has 0 radical (unpaired) electrons. The summed E-state index contributed by atoms with van der Waals surface area (Å²) in [5.74, 6) is -0.492. The van der Waals surface area contributed by atoms with Crippen molar-refractivity contribution >= 4 is 23.6 Å². The van der Waals surface area contributed by atoms with Crippen molar-refractivity contribution in [2.24, 2.45) is 0 Å². The van der Waals surface area contributed by atoms with Crippen LogP contribution in [0.3, 0.4) is 0 Å². The van der Waals surface area contributed by atoms with Gasteiger partial charge in [0.1, 0.15) is 11.6 Å². The lowest BCUT2D eigenvalue weighted by Crippen LogP contribution is -2.47. The van der Waals surface area contributed by atoms with Crippen LogP contribution in [0.25, 0.3) is 0 Å². The number of nitrogens with zero attached hydrogens (tertiary/aromatic N) is 1. The SMILES string of the molecule is CNC(=O)[C@H]1C[C@]2(CN1C(=O)OC(C)(C)C)C(=O)Nc1ccccc12. The number of likely N-dealkylation sites (N-methyl/N-ethyl adjacent to an activating group) is 1. The Labute approximate surface area is 146 Å². The molecule has 3 amide bonds. The number of amides is 3. The van der Waals surface area contributed by atoms with Crippen LogP contribution in [0.15, 0.2) is 24.3 Å². The second kappa shape index (κ2) is 5.75. The number of rotatable bonds is 1. The van der Waals surface area contributed by atoms with E-state index in [4.69, 9.17) is 4.74 Å². The van der Waals surface area contributed by atoms with E-state index in [2.05, 4.69) is 10.6 Å². The van der Waals surface area contributed by atoms with E-state index in [-0.39, 0.29) is 24.8 Å². The number of anilines is 1. The molecule has 1 spiro atoms. The molecule has 2 aliphatic rings. The third-order valence-electron chi connectivity index (χ3n) is 4.66. The Kier molecular flexibility index (Phi) is 3.97. The number of para-hydroxylation sites is 1. The predicted molar refractivity (Wildman–Crippen MR) is 92.2 cm³/mol. The van der Waals surface area contributed by atoms with Gasteiger partial charge in [0, 0.05) is 19.3 Å². The van der Waals surface area contributed by atoms with Gasteiger partial charge < -0.3 is 15.4 Å². The van der Waals surface area contributed by atoms with Crippen LogP contribution in [0.4, 0.5) is 10.5 Å². The van der Waals surface area contributed by atoms with E-state index in [0.717, 1.165) is 11.3 Å². The molecule has 1 aromatic carbocycles. The van der Waals surface area contributed by atoms with Gasteiger partial charge in [0.2, 0.25) is 11.8 Å². The second-order valence-corrected chi connectivity index (χ2v) is 7.52. The molecule has 0 aliphatic carbocycles. The molecule has 7 nitrogen and oxygen atoms in total. The van der Waals surface area contributed by atoms with E-state index >= 15 is 0 Å². The zero-order chi connectivity index (χ0) is 18.4. The summed E-state index contributed by atoms with van der Waals surface area (Å²) in [6.07, 6.45) is -0.357. The summed E-state index contributed by atoms with van der Waals surface area (Å²) in [4.78, 5) is 39.1. The van der Waals surface area contributed by atoms with Gasteiger partial charge in [-0.05, 0) is 38.8 Å². The Bertz CT molecular complexity index is 740. The van der Waals surface area contributed by atoms with E-state index < -0.39 is 23.2 Å². The maximum absolute atomic E-state index is 12.7. The zero-order valence-corrected chi connectivity index (χ0v) is 14.9. The maximum Gasteiger partial charge on any atom is 0.411 e. The van der Waals surface area contributed by atoms with Gasteiger partial charge >= 0.3 is 6.09 Å². The molecule has 0 saturated carbocycles. The van der Waals surface area contributed by atoms with Crippen molar-refractivity contribution < 1.29 is 19.1 Å². The van der Waals surface area contributed by atoms with Crippen LogP contribution in [-0.4, -0.2) is 48.0 Å². The Morgan fingerprint density at radius 2 is 2.00 bits per heavy atom. The van der Waals surface area contributed by atoms with E-state index in [1.54, 1.807) is 20.8 Å². The number of benzene rings is 1. The van der Waals surface area contributed by atoms with Gasteiger partial charge in [0.05, 0.1) is 5.41 Å². The van der Waals surface area contributed by atoms with Gasteiger partial charge in [0.25, 0.3) is 0 Å². The highest BCUT2D eigenvalue weighted by Gasteiger charge is 2.57. The summed E-state index contributed by atoms with van der Waals surface area (Å²) in [5, 5.41) is 5.45. The van der Waals surface area contributed by atoms with Crippen LogP contribution in [0.5, 0.6) is 0 Å². The summed E-state index contributed by atoms with van der Waals surface area (Å²) in [6, 6.07) is 6.64. The van der Waals surface area contributed by atoms with Gasteiger partial charge in [0.15, 0.2) is 0 Å². The highest BCUT2D eigenvalue weighted by molar-refractivity contribution is 6.08. The zero-order valence-electron chi connectivity index (χ0n) is 14.9. The van der Waals surface area contributed by atoms with Crippen LogP contribution in [0, 0.1) is 0 Å². The standard InChI is InChI=1S/C18H23N3O4/c1-17(2,3)25-16(24)21-10-18(9-13(21)14(22)19-4)11-7-5-6-8-12(11)20-15(18)23/h5-8,13H,9-10H2,1-4H3,(H,19,22)(H,20,23)/t13-,18-/m1/s1. The summed E-state index contributed by atoms with van der Waals surface area (Å²) in [7, 11) is 1.52. The van der Waals surface area contributed by atoms with Crippen molar-refractivity contribution in [2.75, 3.05) is 18.9 Å². The summed E-state index contributed by atoms with van der Waals surface area (Å²) in [5.41, 5.74) is -0.0604. The molecule has 7 heteroatoms. The second-order valence-electron chi connectivity index (χ2n) is 7.52. The van der Waals surface area contributed by atoms with Crippen LogP contribution in [0.1, 0.15) is 32.8 Å². The first-order chi connectivity index (χ1) is 11.7. The van der Waals surface area contributed by atoms with Crippen LogP contribution >= 0.6 is 0 Å². The number of hydrogen-bond acceptors (Lipinski definition) is 4. The molecule has 1 saturated heterocycles. The van der Waals surface area contributed by atoms with E-state index in [1.165, 1.54) is 11.9 Å². The number of carbonyl (C=O) groups excluding carboxylic acids is 3. The molecule has 3 rings (SSSR count). The van der Waals surface area contributed by atoms with Crippen molar-refractivity contribution in [3.05, 3.63) is 29.8 Å². The number of likely N-dealkylation sites (tertiary alicyclic amines) is 1. The van der Waals surface area contributed by atoms with Gasteiger partial charge in [-0.25, -0.2) is 4.79 Å². The fourth-order valence-electron chi connectivity index (χ4n) is 3.55. The lowest BCUT2D eigenvalue weighted by molar-refractivity contribution is -0.125. The number of fused-ring (bicyclic) bond motifs is 2. The first-order valence-electron chi connectivity index (χ1n) is 8.30. The van der Waals surface area contributed by atoms with E-state index in [1.807, 2.05) is 24.3 Å². The Morgan fingerprint density at radius 1 is 1.32 bits per heavy atom. The fourth-order valence-corrected chi connectivity index (χ4v) is 3.55. The topological polar surface area (TPSA) is 87.7 Å². The normalized spacial score (nSPS) is 24.9. The minimum atomic E-state index is -0.926. The van der Waals surface area contributed by atoms with Crippen molar-refractivity contribution in [3.8, 4) is 0 Å². The van der Waals surface area contributed by atoms with E-state index in [9.17, 15) is 14.4 Å². The van der Waals surface area contributed by atoms with Crippen molar-refractivity contribution in [1.82, 2.24) is 10.2 Å². The number of ether oxygens (including phenoxy) is 1. The molecule has 0 aromatic heterocycles. The number of nitrogens with one attached hydrogen (secondary N) is 2. The molecule has 2 N–H and O–H groups in total. The van der Waals surface area contributed by atoms with Gasteiger partial charge in [-0.3, -0.25) is 14.5 Å². The molecule has 0 bridgehead atoms. The molecular weight excluding hydrogens is 322 g/mol. The summed E-state index contributed by atoms with van der Waals surface area (Å²) < 4.78 is 5.45. The van der Waals surface area contributed by atoms with Crippen LogP contribution in [-0.2, 0) is 19.7 Å². The third kappa shape index (κ3) is 2.83. The molecule has 2 aliphatic heterocycles. The Hall–Kier alpha value is -2.57. The van der Waals surface area contributed by atoms with Crippen molar-refractivity contribution in [2.45, 2.75) is 44.2 Å². The number of hydrogen-bond donors (Lipinski definition) is 2. The van der Waals surface area contributed by atoms with Gasteiger partial charge in [-0.2, -0.15) is 0 Å². The molecular formula is C18H23N3O4. The van der Waals surface area contributed by atoms with Gasteiger partial charge in [-0.15, -0.1) is 0 Å². The molecule has 25 heavy (non-hydrogen) atoms. The average Bonchev–Trinajstić information content (AvgIpc) is 3.06. The van der Waals surface area contributed by atoms with Crippen LogP contribution in [0.2, 0.25) is 0 Å². The predicted octanol–water partition coefficient (Wildman–Crippen LogP) is 1.63. The van der Waals surface area contributed by atoms with Gasteiger partial charge in [-0.1, -0.05) is 18.2 Å². The van der Waals surface area contributed by atoms with E-state index in [0.29, 0.717) is 0 Å². The summed E-state index contributed by atoms with van der Waals surface area (Å²) in [6.45, 7) is 5.42. The first-order valence-corrected chi connectivity index (χ1v) is 8.30. The quantitative estimate of drug-likeness (QED) is 0.810. The minimum absolute atomic E-state index is 0.114. The molecule has 0 unspecified atom stereocenters.